The number of fused-ring (bicyclic) bond motifs is 4. The maximum Gasteiger partial charge on any atom is 0.137 e. The number of pyridine rings is 1. The summed E-state index contributed by atoms with van der Waals surface area (Å²) >= 11 is 0. The standard InChI is InChI=1S/C40H35N5/c1-28(2)29-22-23-41-40(24-29)45-36-17-8-7-16-34(36)35-21-20-33(26-39(35)45)44(30-12-5-4-6-13-30)32-15-11-14-31(25-32)43-27-42(3)37-18-9-10-19-38(37)43/h4-26,28H,27H2,1-3H3/i3D3. The Morgan fingerprint density at radius 3 is 2.24 bits per heavy atom. The van der Waals surface area contributed by atoms with Gasteiger partial charge in [0.1, 0.15) is 5.82 Å². The van der Waals surface area contributed by atoms with Crippen LogP contribution in [0.2, 0.25) is 0 Å². The lowest BCUT2D eigenvalue weighted by molar-refractivity contribution is 0.858. The zero-order chi connectivity index (χ0) is 33.0. The van der Waals surface area contributed by atoms with E-state index in [1.54, 1.807) is 0 Å². The normalized spacial score (nSPS) is 14.1. The van der Waals surface area contributed by atoms with Crippen LogP contribution in [0.3, 0.4) is 0 Å². The summed E-state index contributed by atoms with van der Waals surface area (Å²) in [5.74, 6) is 1.27. The van der Waals surface area contributed by atoms with Crippen LogP contribution in [0.15, 0.2) is 140 Å². The summed E-state index contributed by atoms with van der Waals surface area (Å²) in [5.41, 5.74) is 8.89. The van der Waals surface area contributed by atoms with Crippen LogP contribution in [0.1, 0.15) is 29.4 Å². The second-order valence-electron chi connectivity index (χ2n) is 11.8. The molecule has 0 radical (unpaired) electrons. The molecule has 0 saturated heterocycles. The summed E-state index contributed by atoms with van der Waals surface area (Å²) in [7, 11) is 0. The molecule has 0 saturated carbocycles. The number of para-hydroxylation sites is 4. The van der Waals surface area contributed by atoms with Crippen molar-refractivity contribution >= 4 is 55.9 Å². The van der Waals surface area contributed by atoms with Crippen LogP contribution in [0, 0.1) is 0 Å². The number of nitrogens with zero attached hydrogens (tertiary/aromatic N) is 5. The molecule has 3 heterocycles. The highest BCUT2D eigenvalue weighted by Gasteiger charge is 2.25. The molecule has 220 valence electrons. The number of benzene rings is 5. The molecule has 0 bridgehead atoms. The fourth-order valence-electron chi connectivity index (χ4n) is 6.52. The van der Waals surface area contributed by atoms with Crippen molar-refractivity contribution in [1.29, 1.82) is 0 Å². The van der Waals surface area contributed by atoms with Crippen LogP contribution < -0.4 is 14.7 Å². The van der Waals surface area contributed by atoms with Gasteiger partial charge in [0, 0.05) is 50.8 Å². The van der Waals surface area contributed by atoms with E-state index in [0.717, 1.165) is 50.7 Å². The van der Waals surface area contributed by atoms with Gasteiger partial charge >= 0.3 is 0 Å². The van der Waals surface area contributed by atoms with E-state index < -0.39 is 6.98 Å². The van der Waals surface area contributed by atoms with Crippen molar-refractivity contribution in [3.8, 4) is 5.82 Å². The highest BCUT2D eigenvalue weighted by Crippen LogP contribution is 2.43. The van der Waals surface area contributed by atoms with Gasteiger partial charge in [-0.15, -0.1) is 0 Å². The Morgan fingerprint density at radius 2 is 1.40 bits per heavy atom. The summed E-state index contributed by atoms with van der Waals surface area (Å²) in [6, 6.07) is 45.8. The molecular formula is C40H35N5. The van der Waals surface area contributed by atoms with Crippen molar-refractivity contribution in [3.05, 3.63) is 145 Å². The number of hydrogen-bond donors (Lipinski definition) is 0. The largest absolute Gasteiger partial charge is 0.355 e. The molecule has 5 aromatic carbocycles. The van der Waals surface area contributed by atoms with Gasteiger partial charge in [-0.25, -0.2) is 4.98 Å². The predicted octanol–water partition coefficient (Wildman–Crippen LogP) is 10.3. The molecule has 0 fully saturated rings. The van der Waals surface area contributed by atoms with E-state index in [4.69, 9.17) is 9.10 Å². The molecule has 5 heteroatoms. The SMILES string of the molecule is [2H]C([2H])([2H])N1CN(c2cccc(N(c3ccccc3)c3ccc4c5ccccc5n(-c5cc(C(C)C)ccn5)c4c3)c2)c2ccccc21. The van der Waals surface area contributed by atoms with Gasteiger partial charge in [0.05, 0.1) is 29.1 Å². The quantitative estimate of drug-likeness (QED) is 0.193. The molecule has 0 N–H and O–H groups in total. The molecule has 5 nitrogen and oxygen atoms in total. The first-order chi connectivity index (χ1) is 23.3. The minimum absolute atomic E-state index is 0.235. The summed E-state index contributed by atoms with van der Waals surface area (Å²) in [4.78, 5) is 10.7. The summed E-state index contributed by atoms with van der Waals surface area (Å²) in [6.07, 6.45) is 1.90. The molecule has 1 aliphatic heterocycles. The Kier molecular flexibility index (Phi) is 5.76. The average Bonchev–Trinajstić information content (AvgIpc) is 3.66. The van der Waals surface area contributed by atoms with E-state index in [0.29, 0.717) is 11.6 Å². The van der Waals surface area contributed by atoms with Crippen LogP contribution in [-0.4, -0.2) is 23.2 Å². The topological polar surface area (TPSA) is 27.5 Å². The molecule has 0 amide bonds. The van der Waals surface area contributed by atoms with Crippen molar-refractivity contribution in [2.75, 3.05) is 28.3 Å². The van der Waals surface area contributed by atoms with Gasteiger partial charge in [0.25, 0.3) is 0 Å². The molecule has 8 rings (SSSR count). The summed E-state index contributed by atoms with van der Waals surface area (Å²) < 4.78 is 26.8. The molecule has 0 unspecified atom stereocenters. The van der Waals surface area contributed by atoms with Crippen LogP contribution >= 0.6 is 0 Å². The number of rotatable bonds is 6. The number of anilines is 6. The van der Waals surface area contributed by atoms with E-state index in [-0.39, 0.29) is 6.67 Å². The molecular weight excluding hydrogens is 550 g/mol. The molecule has 0 spiro atoms. The maximum absolute atomic E-state index is 8.18. The first kappa shape index (κ1) is 23.9. The molecule has 45 heavy (non-hydrogen) atoms. The fourth-order valence-corrected chi connectivity index (χ4v) is 6.52. The van der Waals surface area contributed by atoms with E-state index in [9.17, 15) is 0 Å². The minimum atomic E-state index is -2.25. The van der Waals surface area contributed by atoms with Gasteiger partial charge in [-0.3, -0.25) is 4.57 Å². The van der Waals surface area contributed by atoms with Crippen molar-refractivity contribution in [2.24, 2.45) is 0 Å². The van der Waals surface area contributed by atoms with E-state index in [1.807, 2.05) is 60.8 Å². The molecule has 0 aliphatic carbocycles. The van der Waals surface area contributed by atoms with E-state index in [1.165, 1.54) is 15.8 Å². The fraction of sp³-hybridized carbons (Fsp3) is 0.125. The monoisotopic (exact) mass is 588 g/mol. The molecule has 0 atom stereocenters. The van der Waals surface area contributed by atoms with Gasteiger partial charge in [0.2, 0.25) is 0 Å². The number of aromatic nitrogens is 2. The second-order valence-corrected chi connectivity index (χ2v) is 11.8. The lowest BCUT2D eigenvalue weighted by atomic mass is 10.1. The average molecular weight is 589 g/mol. The van der Waals surface area contributed by atoms with Crippen LogP contribution in [0.4, 0.5) is 34.1 Å². The highest BCUT2D eigenvalue weighted by atomic mass is 15.4. The van der Waals surface area contributed by atoms with Gasteiger partial charge in [0.15, 0.2) is 0 Å². The van der Waals surface area contributed by atoms with Crippen molar-refractivity contribution in [1.82, 2.24) is 9.55 Å². The van der Waals surface area contributed by atoms with Gasteiger partial charge in [-0.05, 0) is 84.3 Å². The molecule has 7 aromatic rings. The van der Waals surface area contributed by atoms with Crippen LogP contribution in [0.5, 0.6) is 0 Å². The zero-order valence-electron chi connectivity index (χ0n) is 28.3. The van der Waals surface area contributed by atoms with Crippen molar-refractivity contribution < 1.29 is 4.11 Å². The first-order valence-electron chi connectivity index (χ1n) is 16.9. The highest BCUT2D eigenvalue weighted by molar-refractivity contribution is 6.10. The Morgan fingerprint density at radius 1 is 0.667 bits per heavy atom. The Hall–Kier alpha value is -5.55. The Labute approximate surface area is 268 Å². The predicted molar refractivity (Wildman–Crippen MR) is 189 cm³/mol. The zero-order valence-corrected chi connectivity index (χ0v) is 25.3. The van der Waals surface area contributed by atoms with Gasteiger partial charge in [-0.2, -0.15) is 0 Å². The van der Waals surface area contributed by atoms with Crippen LogP contribution in [-0.2, 0) is 0 Å². The number of hydrogen-bond acceptors (Lipinski definition) is 4. The van der Waals surface area contributed by atoms with Gasteiger partial charge in [-0.1, -0.05) is 74.5 Å². The maximum atomic E-state index is 8.18. The Balaban J connectivity index is 1.30. The Bertz CT molecular complexity index is 2280. The van der Waals surface area contributed by atoms with Crippen LogP contribution in [0.25, 0.3) is 27.6 Å². The van der Waals surface area contributed by atoms with E-state index >= 15 is 0 Å². The van der Waals surface area contributed by atoms with Crippen molar-refractivity contribution in [3.63, 3.8) is 0 Å². The van der Waals surface area contributed by atoms with Crippen molar-refractivity contribution in [2.45, 2.75) is 19.8 Å². The molecule has 1 aliphatic rings. The molecule has 2 aromatic heterocycles. The second kappa shape index (κ2) is 10.9. The summed E-state index contributed by atoms with van der Waals surface area (Å²) in [5, 5.41) is 2.34. The minimum Gasteiger partial charge on any atom is -0.355 e. The lowest BCUT2D eigenvalue weighted by Gasteiger charge is -2.27. The summed E-state index contributed by atoms with van der Waals surface area (Å²) in [6.45, 7) is 2.39. The smallest absolute Gasteiger partial charge is 0.137 e. The third kappa shape index (κ3) is 4.59. The lowest BCUT2D eigenvalue weighted by Crippen LogP contribution is -2.24. The van der Waals surface area contributed by atoms with E-state index in [2.05, 4.69) is 107 Å². The van der Waals surface area contributed by atoms with Gasteiger partial charge < -0.3 is 14.7 Å². The third-order valence-electron chi connectivity index (χ3n) is 8.74. The first-order valence-corrected chi connectivity index (χ1v) is 15.4. The third-order valence-corrected chi connectivity index (χ3v) is 8.74.